The molecule has 2 rings (SSSR count). The van der Waals surface area contributed by atoms with Crippen molar-refractivity contribution in [2.24, 2.45) is 11.8 Å². The van der Waals surface area contributed by atoms with Gasteiger partial charge in [-0.25, -0.2) is 4.98 Å². The van der Waals surface area contributed by atoms with Gasteiger partial charge in [-0.3, -0.25) is 0 Å². The molecule has 0 amide bonds. The van der Waals surface area contributed by atoms with Crippen LogP contribution in [0.25, 0.3) is 10.2 Å². The fraction of sp³-hybridized carbons (Fsp3) is 0.562. The Balaban J connectivity index is 2.03. The number of nitrogens with one attached hydrogen (secondary N) is 1. The van der Waals surface area contributed by atoms with Crippen molar-refractivity contribution in [2.75, 3.05) is 13.1 Å². The molecule has 0 fully saturated rings. The summed E-state index contributed by atoms with van der Waals surface area (Å²) in [6.45, 7) is 9.05. The van der Waals surface area contributed by atoms with Crippen LogP contribution in [0.5, 0.6) is 0 Å². The molecule has 0 bridgehead atoms. The first kappa shape index (κ1) is 14.5. The smallest absolute Gasteiger partial charge is 0.0941 e. The van der Waals surface area contributed by atoms with Gasteiger partial charge < -0.3 is 5.32 Å². The molecule has 1 aromatic carbocycles. The summed E-state index contributed by atoms with van der Waals surface area (Å²) in [5.41, 5.74) is 1.14. The highest BCUT2D eigenvalue weighted by Gasteiger charge is 2.16. The molecule has 0 saturated heterocycles. The number of benzene rings is 1. The van der Waals surface area contributed by atoms with E-state index < -0.39 is 0 Å². The summed E-state index contributed by atoms with van der Waals surface area (Å²) in [6.07, 6.45) is 2.29. The van der Waals surface area contributed by atoms with Gasteiger partial charge in [-0.2, -0.15) is 0 Å². The van der Waals surface area contributed by atoms with Gasteiger partial charge in [-0.15, -0.1) is 11.3 Å². The fourth-order valence-electron chi connectivity index (χ4n) is 2.24. The van der Waals surface area contributed by atoms with Crippen LogP contribution in [0.15, 0.2) is 24.3 Å². The summed E-state index contributed by atoms with van der Waals surface area (Å²) in [5.74, 6) is 1.36. The summed E-state index contributed by atoms with van der Waals surface area (Å²) < 4.78 is 1.31. The average Bonchev–Trinajstić information content (AvgIpc) is 2.80. The second kappa shape index (κ2) is 7.01. The van der Waals surface area contributed by atoms with E-state index in [1.165, 1.54) is 16.1 Å². The molecule has 2 nitrogen and oxygen atoms in total. The molecule has 1 heterocycles. The van der Waals surface area contributed by atoms with E-state index in [1.54, 1.807) is 0 Å². The number of fused-ring (bicyclic) bond motifs is 1. The highest BCUT2D eigenvalue weighted by atomic mass is 32.1. The van der Waals surface area contributed by atoms with Gasteiger partial charge in [-0.1, -0.05) is 32.9 Å². The molecule has 2 aromatic rings. The van der Waals surface area contributed by atoms with Gasteiger partial charge >= 0.3 is 0 Å². The number of hydrogen-bond donors (Lipinski definition) is 1. The van der Waals surface area contributed by atoms with Crippen molar-refractivity contribution in [3.63, 3.8) is 0 Å². The molecule has 3 heteroatoms. The first-order chi connectivity index (χ1) is 9.20. The van der Waals surface area contributed by atoms with Gasteiger partial charge in [0.05, 0.1) is 15.2 Å². The zero-order valence-corrected chi connectivity index (χ0v) is 13.0. The van der Waals surface area contributed by atoms with Crippen molar-refractivity contribution in [3.05, 3.63) is 29.3 Å². The highest BCUT2D eigenvalue weighted by Crippen LogP contribution is 2.25. The zero-order chi connectivity index (χ0) is 13.7. The van der Waals surface area contributed by atoms with E-state index >= 15 is 0 Å². The number of para-hydroxylation sites is 1. The lowest BCUT2D eigenvalue weighted by molar-refractivity contribution is 0.360. The molecule has 0 aliphatic heterocycles. The van der Waals surface area contributed by atoms with Crippen LogP contribution in [0.2, 0.25) is 0 Å². The molecule has 0 aliphatic rings. The van der Waals surface area contributed by atoms with E-state index in [9.17, 15) is 0 Å². The lowest BCUT2D eigenvalue weighted by Crippen LogP contribution is -2.28. The third-order valence-electron chi connectivity index (χ3n) is 3.55. The molecule has 19 heavy (non-hydrogen) atoms. The Morgan fingerprint density at radius 1 is 1.26 bits per heavy atom. The van der Waals surface area contributed by atoms with E-state index in [4.69, 9.17) is 4.98 Å². The Morgan fingerprint density at radius 2 is 2.05 bits per heavy atom. The molecular formula is C16H24N2S. The normalized spacial score (nSPS) is 13.3. The van der Waals surface area contributed by atoms with Crippen LogP contribution in [0.1, 0.15) is 32.2 Å². The van der Waals surface area contributed by atoms with Crippen molar-refractivity contribution in [1.29, 1.82) is 0 Å². The van der Waals surface area contributed by atoms with Crippen LogP contribution < -0.4 is 5.32 Å². The van der Waals surface area contributed by atoms with E-state index in [0.29, 0.717) is 11.8 Å². The zero-order valence-electron chi connectivity index (χ0n) is 12.1. The maximum atomic E-state index is 4.75. The SMILES string of the molecule is CCCNCC(Cc1nc2ccccc2s1)C(C)C. The molecule has 104 valence electrons. The Bertz CT molecular complexity index is 471. The van der Waals surface area contributed by atoms with Gasteiger partial charge in [0, 0.05) is 6.42 Å². The van der Waals surface area contributed by atoms with Crippen molar-refractivity contribution < 1.29 is 0 Å². The van der Waals surface area contributed by atoms with Crippen LogP contribution in [-0.2, 0) is 6.42 Å². The first-order valence-electron chi connectivity index (χ1n) is 7.26. The minimum atomic E-state index is 0.673. The van der Waals surface area contributed by atoms with Crippen molar-refractivity contribution in [1.82, 2.24) is 10.3 Å². The Kier molecular flexibility index (Phi) is 5.34. The predicted octanol–water partition coefficient (Wildman–Crippen LogP) is 4.11. The van der Waals surface area contributed by atoms with Gasteiger partial charge in [0.25, 0.3) is 0 Å². The van der Waals surface area contributed by atoms with E-state index in [0.717, 1.165) is 25.0 Å². The lowest BCUT2D eigenvalue weighted by Gasteiger charge is -2.20. The summed E-state index contributed by atoms with van der Waals surface area (Å²) in [4.78, 5) is 4.75. The van der Waals surface area contributed by atoms with Crippen molar-refractivity contribution in [3.8, 4) is 0 Å². The maximum absolute atomic E-state index is 4.75. The van der Waals surface area contributed by atoms with Crippen molar-refractivity contribution >= 4 is 21.6 Å². The van der Waals surface area contributed by atoms with E-state index in [-0.39, 0.29) is 0 Å². The van der Waals surface area contributed by atoms with Gasteiger partial charge in [0.2, 0.25) is 0 Å². The molecule has 0 radical (unpaired) electrons. The van der Waals surface area contributed by atoms with Gasteiger partial charge in [0.1, 0.15) is 0 Å². The molecule has 0 spiro atoms. The minimum absolute atomic E-state index is 0.673. The standard InChI is InChI=1S/C16H24N2S/c1-4-9-17-11-13(12(2)3)10-16-18-14-7-5-6-8-15(14)19-16/h5-8,12-13,17H,4,9-11H2,1-3H3. The second-order valence-corrected chi connectivity index (χ2v) is 6.60. The van der Waals surface area contributed by atoms with Crippen LogP contribution in [0.3, 0.4) is 0 Å². The summed E-state index contributed by atoms with van der Waals surface area (Å²) in [6, 6.07) is 8.42. The topological polar surface area (TPSA) is 24.9 Å². The third-order valence-corrected chi connectivity index (χ3v) is 4.61. The monoisotopic (exact) mass is 276 g/mol. The maximum Gasteiger partial charge on any atom is 0.0941 e. The fourth-order valence-corrected chi connectivity index (χ4v) is 3.30. The molecule has 1 aromatic heterocycles. The molecule has 0 aliphatic carbocycles. The van der Waals surface area contributed by atoms with E-state index in [1.807, 2.05) is 11.3 Å². The number of nitrogens with zero attached hydrogens (tertiary/aromatic N) is 1. The van der Waals surface area contributed by atoms with Crippen LogP contribution in [-0.4, -0.2) is 18.1 Å². The number of hydrogen-bond acceptors (Lipinski definition) is 3. The number of thiazole rings is 1. The minimum Gasteiger partial charge on any atom is -0.316 e. The summed E-state index contributed by atoms with van der Waals surface area (Å²) >= 11 is 1.84. The first-order valence-corrected chi connectivity index (χ1v) is 8.07. The molecule has 1 unspecified atom stereocenters. The second-order valence-electron chi connectivity index (χ2n) is 5.49. The Labute approximate surface area is 120 Å². The van der Waals surface area contributed by atoms with Gasteiger partial charge in [-0.05, 0) is 43.5 Å². The molecular weight excluding hydrogens is 252 g/mol. The molecule has 0 saturated carbocycles. The van der Waals surface area contributed by atoms with Crippen LogP contribution in [0, 0.1) is 11.8 Å². The molecule has 1 atom stereocenters. The van der Waals surface area contributed by atoms with E-state index in [2.05, 4.69) is 50.4 Å². The highest BCUT2D eigenvalue weighted by molar-refractivity contribution is 7.18. The third kappa shape index (κ3) is 4.02. The van der Waals surface area contributed by atoms with Crippen molar-refractivity contribution in [2.45, 2.75) is 33.6 Å². The Hall–Kier alpha value is -0.930. The number of rotatable bonds is 7. The lowest BCUT2D eigenvalue weighted by atomic mass is 9.92. The predicted molar refractivity (Wildman–Crippen MR) is 84.8 cm³/mol. The van der Waals surface area contributed by atoms with Crippen LogP contribution in [0.4, 0.5) is 0 Å². The summed E-state index contributed by atoms with van der Waals surface area (Å²) in [5, 5.41) is 4.82. The summed E-state index contributed by atoms with van der Waals surface area (Å²) in [7, 11) is 0. The average molecular weight is 276 g/mol. The largest absolute Gasteiger partial charge is 0.316 e. The Morgan fingerprint density at radius 3 is 2.74 bits per heavy atom. The molecule has 1 N–H and O–H groups in total. The number of aromatic nitrogens is 1. The van der Waals surface area contributed by atoms with Crippen LogP contribution >= 0.6 is 11.3 Å². The quantitative estimate of drug-likeness (QED) is 0.770. The van der Waals surface area contributed by atoms with Gasteiger partial charge in [0.15, 0.2) is 0 Å².